The first-order valence-corrected chi connectivity index (χ1v) is 19.5. The molecule has 246 valence electrons. The molecule has 12 aromatic rings. The van der Waals surface area contributed by atoms with E-state index in [2.05, 4.69) is 168 Å². The number of hydrogen-bond donors (Lipinski definition) is 0. The van der Waals surface area contributed by atoms with Crippen molar-refractivity contribution in [2.24, 2.45) is 0 Å². The lowest BCUT2D eigenvalue weighted by atomic mass is 9.92. The Morgan fingerprint density at radius 2 is 1.06 bits per heavy atom. The number of benzene rings is 8. The third kappa shape index (κ3) is 4.20. The molecule has 0 bridgehead atoms. The Labute approximate surface area is 311 Å². The predicted octanol–water partition coefficient (Wildman–Crippen LogP) is 13.9. The Hall–Kier alpha value is -6.40. The second-order valence-corrected chi connectivity index (χ2v) is 15.9. The lowest BCUT2D eigenvalue weighted by Crippen LogP contribution is -2.03. The monoisotopic (exact) mass is 709 g/mol. The number of nitrogens with zero attached hydrogens (tertiary/aromatic N) is 3. The lowest BCUT2D eigenvalue weighted by molar-refractivity contribution is 1.01. The van der Waals surface area contributed by atoms with Gasteiger partial charge in [-0.25, -0.2) is 9.97 Å². The van der Waals surface area contributed by atoms with Crippen LogP contribution in [0.2, 0.25) is 0 Å². The molecule has 4 heterocycles. The van der Waals surface area contributed by atoms with Crippen molar-refractivity contribution in [1.82, 2.24) is 14.5 Å². The Kier molecular flexibility index (Phi) is 6.09. The molecule has 0 unspecified atom stereocenters. The Morgan fingerprint density at radius 3 is 1.91 bits per heavy atom. The van der Waals surface area contributed by atoms with Crippen LogP contribution in [0.3, 0.4) is 0 Å². The summed E-state index contributed by atoms with van der Waals surface area (Å²) in [5.74, 6) is 0.676. The molecule has 0 radical (unpaired) electrons. The summed E-state index contributed by atoms with van der Waals surface area (Å²) >= 11 is 3.78. The van der Waals surface area contributed by atoms with Gasteiger partial charge in [0, 0.05) is 67.5 Å². The average molecular weight is 710 g/mol. The highest BCUT2D eigenvalue weighted by Gasteiger charge is 2.22. The van der Waals surface area contributed by atoms with Crippen molar-refractivity contribution in [3.05, 3.63) is 164 Å². The molecule has 53 heavy (non-hydrogen) atoms. The highest BCUT2D eigenvalue weighted by molar-refractivity contribution is 7.27. The van der Waals surface area contributed by atoms with Gasteiger partial charge in [0.05, 0.1) is 22.2 Å². The largest absolute Gasteiger partial charge is 0.278 e. The molecule has 12 rings (SSSR count). The average Bonchev–Trinajstić information content (AvgIpc) is 3.89. The summed E-state index contributed by atoms with van der Waals surface area (Å²) < 4.78 is 7.49. The fraction of sp³-hybridized carbons (Fsp3) is 0. The molecule has 5 heteroatoms. The van der Waals surface area contributed by atoms with Crippen LogP contribution in [0.5, 0.6) is 0 Å². The summed E-state index contributed by atoms with van der Waals surface area (Å²) in [6, 6.07) is 59.2. The van der Waals surface area contributed by atoms with E-state index in [1.807, 2.05) is 22.7 Å². The van der Waals surface area contributed by atoms with Crippen molar-refractivity contribution in [2.75, 3.05) is 0 Å². The first kappa shape index (κ1) is 29.2. The van der Waals surface area contributed by atoms with Crippen molar-refractivity contribution in [1.29, 1.82) is 0 Å². The summed E-state index contributed by atoms with van der Waals surface area (Å²) in [7, 11) is 0. The van der Waals surface area contributed by atoms with Gasteiger partial charge in [-0.3, -0.25) is 4.57 Å². The molecule has 0 spiro atoms. The van der Waals surface area contributed by atoms with Gasteiger partial charge in [-0.1, -0.05) is 121 Å². The van der Waals surface area contributed by atoms with Gasteiger partial charge in [0.25, 0.3) is 0 Å². The number of aromatic nitrogens is 3. The van der Waals surface area contributed by atoms with Gasteiger partial charge in [-0.2, -0.15) is 0 Å². The third-order valence-electron chi connectivity index (χ3n) is 10.8. The van der Waals surface area contributed by atoms with Crippen LogP contribution in [0, 0.1) is 0 Å². The smallest absolute Gasteiger partial charge is 0.235 e. The Morgan fingerprint density at radius 1 is 0.377 bits per heavy atom. The summed E-state index contributed by atoms with van der Waals surface area (Å²) in [6.45, 7) is 0. The Balaban J connectivity index is 1.25. The molecular formula is C48H27N3S2. The molecule has 8 aromatic carbocycles. The van der Waals surface area contributed by atoms with E-state index >= 15 is 0 Å². The van der Waals surface area contributed by atoms with E-state index < -0.39 is 0 Å². The van der Waals surface area contributed by atoms with Crippen LogP contribution in [0.15, 0.2) is 164 Å². The van der Waals surface area contributed by atoms with E-state index in [0.717, 1.165) is 33.2 Å². The zero-order valence-electron chi connectivity index (χ0n) is 28.2. The van der Waals surface area contributed by atoms with Crippen LogP contribution in [0.1, 0.15) is 0 Å². The topological polar surface area (TPSA) is 30.7 Å². The molecule has 0 saturated heterocycles. The maximum absolute atomic E-state index is 5.36. The van der Waals surface area contributed by atoms with Crippen LogP contribution in [-0.4, -0.2) is 14.5 Å². The molecule has 0 aliphatic rings. The summed E-state index contributed by atoms with van der Waals surface area (Å²) in [6.07, 6.45) is 0. The number of thiophene rings is 2. The number of hydrogen-bond acceptors (Lipinski definition) is 4. The van der Waals surface area contributed by atoms with Gasteiger partial charge >= 0.3 is 0 Å². The van der Waals surface area contributed by atoms with E-state index in [9.17, 15) is 0 Å². The summed E-state index contributed by atoms with van der Waals surface area (Å²) in [5, 5.41) is 11.3. The van der Waals surface area contributed by atoms with E-state index in [1.165, 1.54) is 73.0 Å². The standard InChI is InChI=1S/C48H27N3S2/c1-3-13-28(14-4-1)34-26-43-45(46-31(34)23-24-41-44(46)33-19-9-12-22-40(33)52-41)36-25-39-35(27-42(36)53-43)30-17-8-11-21-38(30)51(39)48-49-37-20-10-7-18-32(37)47(50-48)29-15-5-2-6-16-29/h1-27H. The highest BCUT2D eigenvalue weighted by Crippen LogP contribution is 2.49. The molecule has 0 saturated carbocycles. The normalized spacial score (nSPS) is 12.2. The summed E-state index contributed by atoms with van der Waals surface area (Å²) in [5.41, 5.74) is 7.65. The van der Waals surface area contributed by atoms with E-state index in [-0.39, 0.29) is 0 Å². The van der Waals surface area contributed by atoms with Crippen molar-refractivity contribution >= 4 is 106 Å². The second kappa shape index (κ2) is 11.1. The molecule has 3 nitrogen and oxygen atoms in total. The summed E-state index contributed by atoms with van der Waals surface area (Å²) in [4.78, 5) is 10.6. The number of fused-ring (bicyclic) bond motifs is 13. The van der Waals surface area contributed by atoms with Crippen molar-refractivity contribution in [3.8, 4) is 28.3 Å². The maximum Gasteiger partial charge on any atom is 0.235 e. The molecule has 4 aromatic heterocycles. The lowest BCUT2D eigenvalue weighted by Gasteiger charge is -2.12. The molecule has 0 fully saturated rings. The molecule has 0 aliphatic heterocycles. The van der Waals surface area contributed by atoms with Crippen molar-refractivity contribution in [2.45, 2.75) is 0 Å². The van der Waals surface area contributed by atoms with Gasteiger partial charge in [0.1, 0.15) is 0 Å². The first-order chi connectivity index (χ1) is 26.3. The van der Waals surface area contributed by atoms with Gasteiger partial charge in [0.15, 0.2) is 0 Å². The fourth-order valence-corrected chi connectivity index (χ4v) is 10.8. The van der Waals surface area contributed by atoms with E-state index in [0.29, 0.717) is 5.95 Å². The molecule has 0 N–H and O–H groups in total. The predicted molar refractivity (Wildman–Crippen MR) is 228 cm³/mol. The molecule has 0 amide bonds. The number of para-hydroxylation sites is 2. The van der Waals surface area contributed by atoms with Gasteiger partial charge in [0.2, 0.25) is 5.95 Å². The zero-order valence-corrected chi connectivity index (χ0v) is 29.9. The minimum Gasteiger partial charge on any atom is -0.278 e. The molecule has 0 atom stereocenters. The van der Waals surface area contributed by atoms with E-state index in [1.54, 1.807) is 0 Å². The quantitative estimate of drug-likeness (QED) is 0.183. The maximum atomic E-state index is 5.36. The van der Waals surface area contributed by atoms with Gasteiger partial charge in [-0.15, -0.1) is 22.7 Å². The van der Waals surface area contributed by atoms with Crippen LogP contribution >= 0.6 is 22.7 Å². The number of rotatable bonds is 3. The van der Waals surface area contributed by atoms with Gasteiger partial charge < -0.3 is 0 Å². The highest BCUT2D eigenvalue weighted by atomic mass is 32.1. The van der Waals surface area contributed by atoms with Crippen molar-refractivity contribution < 1.29 is 0 Å². The van der Waals surface area contributed by atoms with E-state index in [4.69, 9.17) is 9.97 Å². The third-order valence-corrected chi connectivity index (χ3v) is 13.0. The second-order valence-electron chi connectivity index (χ2n) is 13.7. The van der Waals surface area contributed by atoms with Crippen LogP contribution in [0.25, 0.3) is 112 Å². The minimum atomic E-state index is 0.676. The Bertz CT molecular complexity index is 3450. The van der Waals surface area contributed by atoms with Crippen LogP contribution in [-0.2, 0) is 0 Å². The SMILES string of the molecule is c1ccc(-c2nc(-n3c4ccccc4c4cc5sc6cc(-c7ccccc7)c7ccc8sc9ccccc9c8c7c6c5cc43)nc3ccccc23)cc1. The van der Waals surface area contributed by atoms with Crippen LogP contribution < -0.4 is 0 Å². The molecule has 0 aliphatic carbocycles. The zero-order chi connectivity index (χ0) is 34.6. The van der Waals surface area contributed by atoms with Crippen LogP contribution in [0.4, 0.5) is 0 Å². The van der Waals surface area contributed by atoms with Gasteiger partial charge in [-0.05, 0) is 59.0 Å². The van der Waals surface area contributed by atoms with Crippen molar-refractivity contribution in [3.63, 3.8) is 0 Å². The first-order valence-electron chi connectivity index (χ1n) is 17.8. The fourth-order valence-electron chi connectivity index (χ4n) is 8.50. The molecular weight excluding hydrogens is 683 g/mol. The minimum absolute atomic E-state index is 0.676.